The number of hydrogen-bond acceptors (Lipinski definition) is 3. The minimum atomic E-state index is 0.0768. The lowest BCUT2D eigenvalue weighted by molar-refractivity contribution is 0.557. The van der Waals surface area contributed by atoms with Crippen LogP contribution in [0.25, 0.3) is 0 Å². The van der Waals surface area contributed by atoms with Crippen molar-refractivity contribution in [3.63, 3.8) is 0 Å². The smallest absolute Gasteiger partial charge is 0.115 e. The van der Waals surface area contributed by atoms with Crippen molar-refractivity contribution in [2.75, 3.05) is 6.54 Å². The van der Waals surface area contributed by atoms with Crippen LogP contribution in [-0.4, -0.2) is 16.5 Å². The molecule has 0 fully saturated rings. The maximum absolute atomic E-state index is 5.52. The van der Waals surface area contributed by atoms with Gasteiger partial charge in [-0.25, -0.2) is 9.97 Å². The first-order chi connectivity index (χ1) is 6.05. The molecule has 0 atom stereocenters. The standard InChI is InChI=1S/C10H17N3/c1-10(2,3)9-8(4-5-11)6-12-7-13-9/h6-7H,4-5,11H2,1-3H3. The van der Waals surface area contributed by atoms with Crippen LogP contribution >= 0.6 is 0 Å². The highest BCUT2D eigenvalue weighted by Crippen LogP contribution is 2.22. The quantitative estimate of drug-likeness (QED) is 0.744. The normalized spacial score (nSPS) is 11.7. The van der Waals surface area contributed by atoms with Crippen molar-refractivity contribution < 1.29 is 0 Å². The molecule has 13 heavy (non-hydrogen) atoms. The Labute approximate surface area is 79.4 Å². The summed E-state index contributed by atoms with van der Waals surface area (Å²) in [4.78, 5) is 8.31. The van der Waals surface area contributed by atoms with Crippen LogP contribution in [-0.2, 0) is 11.8 Å². The fraction of sp³-hybridized carbons (Fsp3) is 0.600. The number of rotatable bonds is 2. The summed E-state index contributed by atoms with van der Waals surface area (Å²) in [5, 5.41) is 0. The Morgan fingerprint density at radius 1 is 1.38 bits per heavy atom. The first-order valence-electron chi connectivity index (χ1n) is 4.55. The second-order valence-electron chi connectivity index (χ2n) is 4.19. The Balaban J connectivity index is 3.05. The largest absolute Gasteiger partial charge is 0.330 e. The Morgan fingerprint density at radius 3 is 2.62 bits per heavy atom. The van der Waals surface area contributed by atoms with Crippen LogP contribution in [0.15, 0.2) is 12.5 Å². The summed E-state index contributed by atoms with van der Waals surface area (Å²) in [7, 11) is 0. The summed E-state index contributed by atoms with van der Waals surface area (Å²) in [6, 6.07) is 0. The highest BCUT2D eigenvalue weighted by Gasteiger charge is 2.18. The van der Waals surface area contributed by atoms with Gasteiger partial charge in [-0.2, -0.15) is 0 Å². The molecule has 0 unspecified atom stereocenters. The van der Waals surface area contributed by atoms with Crippen LogP contribution in [0.5, 0.6) is 0 Å². The van der Waals surface area contributed by atoms with Crippen molar-refractivity contribution >= 4 is 0 Å². The van der Waals surface area contributed by atoms with Crippen molar-refractivity contribution in [3.8, 4) is 0 Å². The van der Waals surface area contributed by atoms with E-state index in [1.807, 2.05) is 6.20 Å². The van der Waals surface area contributed by atoms with Gasteiger partial charge in [-0.05, 0) is 18.5 Å². The fourth-order valence-corrected chi connectivity index (χ4v) is 1.37. The number of nitrogens with zero attached hydrogens (tertiary/aromatic N) is 2. The Kier molecular flexibility index (Phi) is 2.98. The van der Waals surface area contributed by atoms with Gasteiger partial charge in [-0.15, -0.1) is 0 Å². The second kappa shape index (κ2) is 3.83. The summed E-state index contributed by atoms with van der Waals surface area (Å²) in [6.45, 7) is 7.09. The molecule has 1 heterocycles. The van der Waals surface area contributed by atoms with E-state index >= 15 is 0 Å². The molecule has 0 bridgehead atoms. The van der Waals surface area contributed by atoms with Gasteiger partial charge in [-0.3, -0.25) is 0 Å². The SMILES string of the molecule is CC(C)(C)c1ncncc1CCN. The van der Waals surface area contributed by atoms with Gasteiger partial charge < -0.3 is 5.73 Å². The second-order valence-corrected chi connectivity index (χ2v) is 4.19. The summed E-state index contributed by atoms with van der Waals surface area (Å²) in [5.41, 5.74) is 7.86. The van der Waals surface area contributed by atoms with Gasteiger partial charge >= 0.3 is 0 Å². The van der Waals surface area contributed by atoms with Crippen LogP contribution in [0, 0.1) is 0 Å². The van der Waals surface area contributed by atoms with Gasteiger partial charge in [0.15, 0.2) is 0 Å². The zero-order chi connectivity index (χ0) is 9.90. The van der Waals surface area contributed by atoms with Gasteiger partial charge in [0.1, 0.15) is 6.33 Å². The van der Waals surface area contributed by atoms with Gasteiger partial charge in [0, 0.05) is 11.6 Å². The van der Waals surface area contributed by atoms with Crippen LogP contribution in [0.1, 0.15) is 32.0 Å². The molecular weight excluding hydrogens is 162 g/mol. The third-order valence-electron chi connectivity index (χ3n) is 1.91. The van der Waals surface area contributed by atoms with Crippen molar-refractivity contribution in [3.05, 3.63) is 23.8 Å². The van der Waals surface area contributed by atoms with E-state index in [0.29, 0.717) is 6.54 Å². The summed E-state index contributed by atoms with van der Waals surface area (Å²) in [6.07, 6.45) is 4.31. The molecular formula is C10H17N3. The zero-order valence-corrected chi connectivity index (χ0v) is 8.54. The van der Waals surface area contributed by atoms with Crippen molar-refractivity contribution in [1.29, 1.82) is 0 Å². The average Bonchev–Trinajstić information content (AvgIpc) is 2.04. The molecule has 1 aromatic rings. The first kappa shape index (κ1) is 10.1. The number of hydrogen-bond donors (Lipinski definition) is 1. The molecule has 0 aliphatic carbocycles. The Hall–Kier alpha value is -0.960. The third-order valence-corrected chi connectivity index (χ3v) is 1.91. The lowest BCUT2D eigenvalue weighted by Gasteiger charge is -2.20. The molecule has 0 radical (unpaired) electrons. The van der Waals surface area contributed by atoms with E-state index in [1.165, 1.54) is 0 Å². The minimum absolute atomic E-state index is 0.0768. The van der Waals surface area contributed by atoms with Crippen LogP contribution < -0.4 is 5.73 Å². The highest BCUT2D eigenvalue weighted by molar-refractivity contribution is 5.23. The fourth-order valence-electron chi connectivity index (χ4n) is 1.37. The van der Waals surface area contributed by atoms with E-state index in [2.05, 4.69) is 30.7 Å². The minimum Gasteiger partial charge on any atom is -0.330 e. The maximum atomic E-state index is 5.52. The van der Waals surface area contributed by atoms with Crippen LogP contribution in [0.4, 0.5) is 0 Å². The van der Waals surface area contributed by atoms with Crippen molar-refractivity contribution in [2.45, 2.75) is 32.6 Å². The van der Waals surface area contributed by atoms with Crippen LogP contribution in [0.2, 0.25) is 0 Å². The maximum Gasteiger partial charge on any atom is 0.115 e. The van der Waals surface area contributed by atoms with Gasteiger partial charge in [0.2, 0.25) is 0 Å². The van der Waals surface area contributed by atoms with Crippen LogP contribution in [0.3, 0.4) is 0 Å². The van der Waals surface area contributed by atoms with E-state index in [0.717, 1.165) is 17.7 Å². The lowest BCUT2D eigenvalue weighted by atomic mass is 9.88. The monoisotopic (exact) mass is 179 g/mol. The average molecular weight is 179 g/mol. The summed E-state index contributed by atoms with van der Waals surface area (Å²) < 4.78 is 0. The highest BCUT2D eigenvalue weighted by atomic mass is 14.8. The predicted octanol–water partition coefficient (Wildman–Crippen LogP) is 1.28. The molecule has 0 saturated heterocycles. The molecule has 0 spiro atoms. The molecule has 72 valence electrons. The topological polar surface area (TPSA) is 51.8 Å². The van der Waals surface area contributed by atoms with E-state index < -0.39 is 0 Å². The molecule has 0 aliphatic heterocycles. The molecule has 0 amide bonds. The van der Waals surface area contributed by atoms with Gasteiger partial charge in [0.25, 0.3) is 0 Å². The molecule has 1 rings (SSSR count). The summed E-state index contributed by atoms with van der Waals surface area (Å²) in [5.74, 6) is 0. The molecule has 3 nitrogen and oxygen atoms in total. The molecule has 3 heteroatoms. The van der Waals surface area contributed by atoms with Crippen molar-refractivity contribution in [1.82, 2.24) is 9.97 Å². The summed E-state index contributed by atoms with van der Waals surface area (Å²) >= 11 is 0. The number of nitrogens with two attached hydrogens (primary N) is 1. The zero-order valence-electron chi connectivity index (χ0n) is 8.54. The predicted molar refractivity (Wildman–Crippen MR) is 53.5 cm³/mol. The Morgan fingerprint density at radius 2 is 2.08 bits per heavy atom. The lowest BCUT2D eigenvalue weighted by Crippen LogP contribution is -2.18. The molecule has 0 saturated carbocycles. The molecule has 0 aliphatic rings. The van der Waals surface area contributed by atoms with E-state index in [9.17, 15) is 0 Å². The van der Waals surface area contributed by atoms with E-state index in [1.54, 1.807) is 6.33 Å². The molecule has 2 N–H and O–H groups in total. The molecule has 1 aromatic heterocycles. The van der Waals surface area contributed by atoms with E-state index in [4.69, 9.17) is 5.73 Å². The Bertz CT molecular complexity index is 276. The van der Waals surface area contributed by atoms with Gasteiger partial charge in [-0.1, -0.05) is 20.8 Å². The molecule has 0 aromatic carbocycles. The van der Waals surface area contributed by atoms with E-state index in [-0.39, 0.29) is 5.41 Å². The number of aromatic nitrogens is 2. The first-order valence-corrected chi connectivity index (χ1v) is 4.55. The third kappa shape index (κ3) is 2.49. The van der Waals surface area contributed by atoms with Gasteiger partial charge in [0.05, 0.1) is 5.69 Å². The van der Waals surface area contributed by atoms with Crippen molar-refractivity contribution in [2.24, 2.45) is 5.73 Å².